The van der Waals surface area contributed by atoms with Gasteiger partial charge in [0.1, 0.15) is 0 Å². The fourth-order valence-corrected chi connectivity index (χ4v) is 2.19. The number of rotatable bonds is 4. The molecule has 0 aromatic carbocycles. The van der Waals surface area contributed by atoms with Crippen molar-refractivity contribution in [3.63, 3.8) is 0 Å². The summed E-state index contributed by atoms with van der Waals surface area (Å²) in [6.07, 6.45) is 7.28. The molecule has 0 amide bonds. The largest absolute Gasteiger partial charge is 0.0654 e. The summed E-state index contributed by atoms with van der Waals surface area (Å²) in [5, 5.41) is 0. The van der Waals surface area contributed by atoms with Gasteiger partial charge in [0.05, 0.1) is 0 Å². The molecule has 0 saturated heterocycles. The summed E-state index contributed by atoms with van der Waals surface area (Å²) in [6.45, 7) is 7.10. The van der Waals surface area contributed by atoms with Crippen molar-refractivity contribution in [1.29, 1.82) is 0 Å². The van der Waals surface area contributed by atoms with Crippen molar-refractivity contribution in [2.45, 2.75) is 52.9 Å². The van der Waals surface area contributed by atoms with Crippen molar-refractivity contribution in [3.8, 4) is 0 Å². The first kappa shape index (κ1) is 9.09. The first-order valence-corrected chi connectivity index (χ1v) is 5.24. The Hall–Kier alpha value is 0. The third kappa shape index (κ3) is 2.50. The number of hydrogen-bond donors (Lipinski definition) is 0. The van der Waals surface area contributed by atoms with Crippen LogP contribution in [0.3, 0.4) is 0 Å². The highest BCUT2D eigenvalue weighted by Gasteiger charge is 2.29. The van der Waals surface area contributed by atoms with E-state index in [2.05, 4.69) is 20.8 Å². The highest BCUT2D eigenvalue weighted by molar-refractivity contribution is 4.79. The van der Waals surface area contributed by atoms with Crippen molar-refractivity contribution in [2.75, 3.05) is 0 Å². The van der Waals surface area contributed by atoms with E-state index in [1.807, 2.05) is 0 Å². The molecule has 1 saturated carbocycles. The maximum absolute atomic E-state index is 2.44. The smallest absolute Gasteiger partial charge is 0.0383 e. The molecule has 0 aromatic rings. The lowest BCUT2D eigenvalue weighted by Crippen LogP contribution is -2.26. The highest BCUT2D eigenvalue weighted by atomic mass is 14.3. The maximum Gasteiger partial charge on any atom is -0.0383 e. The Balaban J connectivity index is 2.06. The summed E-state index contributed by atoms with van der Waals surface area (Å²) in [6, 6.07) is 0. The Morgan fingerprint density at radius 2 is 2.00 bits per heavy atom. The summed E-state index contributed by atoms with van der Waals surface area (Å²) >= 11 is 0. The summed E-state index contributed by atoms with van der Waals surface area (Å²) in [5.41, 5.74) is 0. The monoisotopic (exact) mass is 154 g/mol. The molecule has 0 nitrogen and oxygen atoms in total. The molecule has 0 aliphatic heterocycles. The second-order valence-corrected chi connectivity index (χ2v) is 4.46. The molecule has 0 spiro atoms. The molecule has 0 aromatic heterocycles. The van der Waals surface area contributed by atoms with Gasteiger partial charge in [0, 0.05) is 0 Å². The summed E-state index contributed by atoms with van der Waals surface area (Å²) in [4.78, 5) is 0. The first-order valence-electron chi connectivity index (χ1n) is 5.24. The summed E-state index contributed by atoms with van der Waals surface area (Å²) in [7, 11) is 0. The lowest BCUT2D eigenvalue weighted by molar-refractivity contribution is 0.139. The van der Waals surface area contributed by atoms with Gasteiger partial charge in [-0.05, 0) is 30.6 Å². The van der Waals surface area contributed by atoms with E-state index in [1.165, 1.54) is 32.1 Å². The molecule has 11 heavy (non-hydrogen) atoms. The lowest BCUT2D eigenvalue weighted by atomic mass is 9.69. The molecule has 66 valence electrons. The van der Waals surface area contributed by atoms with E-state index in [0.29, 0.717) is 0 Å². The SMILES string of the molecule is CCCCC(C)C1CC(C)C1. The van der Waals surface area contributed by atoms with Crippen LogP contribution in [-0.4, -0.2) is 0 Å². The molecule has 0 radical (unpaired) electrons. The van der Waals surface area contributed by atoms with Crippen molar-refractivity contribution < 1.29 is 0 Å². The van der Waals surface area contributed by atoms with Crippen molar-refractivity contribution >= 4 is 0 Å². The zero-order valence-corrected chi connectivity index (χ0v) is 8.27. The van der Waals surface area contributed by atoms with E-state index in [0.717, 1.165) is 17.8 Å². The van der Waals surface area contributed by atoms with Crippen LogP contribution < -0.4 is 0 Å². The molecule has 1 atom stereocenters. The van der Waals surface area contributed by atoms with Crippen LogP contribution in [0.4, 0.5) is 0 Å². The Bertz CT molecular complexity index is 101. The average Bonchev–Trinajstić information content (AvgIpc) is 1.94. The van der Waals surface area contributed by atoms with Crippen LogP contribution in [0.2, 0.25) is 0 Å². The summed E-state index contributed by atoms with van der Waals surface area (Å²) < 4.78 is 0. The van der Waals surface area contributed by atoms with E-state index in [9.17, 15) is 0 Å². The van der Waals surface area contributed by atoms with Crippen LogP contribution in [0.25, 0.3) is 0 Å². The van der Waals surface area contributed by atoms with Crippen LogP contribution >= 0.6 is 0 Å². The fraction of sp³-hybridized carbons (Fsp3) is 1.00. The minimum atomic E-state index is 1.01. The molecule has 1 fully saturated rings. The topological polar surface area (TPSA) is 0 Å². The van der Waals surface area contributed by atoms with Crippen LogP contribution in [0.5, 0.6) is 0 Å². The second-order valence-electron chi connectivity index (χ2n) is 4.46. The molecule has 0 N–H and O–H groups in total. The van der Waals surface area contributed by atoms with Gasteiger partial charge in [-0.25, -0.2) is 0 Å². The zero-order chi connectivity index (χ0) is 8.27. The van der Waals surface area contributed by atoms with Crippen molar-refractivity contribution in [1.82, 2.24) is 0 Å². The van der Waals surface area contributed by atoms with Gasteiger partial charge in [-0.2, -0.15) is 0 Å². The van der Waals surface area contributed by atoms with Crippen LogP contribution in [0, 0.1) is 17.8 Å². The Kier molecular flexibility index (Phi) is 3.42. The molecular formula is C11H22. The predicted molar refractivity (Wildman–Crippen MR) is 50.6 cm³/mol. The summed E-state index contributed by atoms with van der Waals surface area (Å²) in [5.74, 6) is 3.12. The van der Waals surface area contributed by atoms with E-state index in [1.54, 1.807) is 0 Å². The van der Waals surface area contributed by atoms with Gasteiger partial charge in [-0.1, -0.05) is 40.0 Å². The lowest BCUT2D eigenvalue weighted by Gasteiger charge is -2.37. The third-order valence-corrected chi connectivity index (χ3v) is 3.23. The van der Waals surface area contributed by atoms with E-state index in [4.69, 9.17) is 0 Å². The van der Waals surface area contributed by atoms with Gasteiger partial charge in [0.15, 0.2) is 0 Å². The maximum atomic E-state index is 2.44. The second kappa shape index (κ2) is 4.13. The fourth-order valence-electron chi connectivity index (χ4n) is 2.19. The van der Waals surface area contributed by atoms with E-state index in [-0.39, 0.29) is 0 Å². The minimum absolute atomic E-state index is 1.01. The number of hydrogen-bond acceptors (Lipinski definition) is 0. The standard InChI is InChI=1S/C11H22/c1-4-5-6-10(3)11-7-9(2)8-11/h9-11H,4-8H2,1-3H3. The Morgan fingerprint density at radius 1 is 1.36 bits per heavy atom. The molecule has 1 aliphatic carbocycles. The third-order valence-electron chi connectivity index (χ3n) is 3.23. The average molecular weight is 154 g/mol. The first-order chi connectivity index (χ1) is 5.24. The van der Waals surface area contributed by atoms with Gasteiger partial charge in [0.25, 0.3) is 0 Å². The normalized spacial score (nSPS) is 33.0. The molecule has 1 unspecified atom stereocenters. The van der Waals surface area contributed by atoms with Gasteiger partial charge >= 0.3 is 0 Å². The van der Waals surface area contributed by atoms with Crippen LogP contribution in [0.1, 0.15) is 52.9 Å². The van der Waals surface area contributed by atoms with E-state index < -0.39 is 0 Å². The molecule has 0 bridgehead atoms. The van der Waals surface area contributed by atoms with Gasteiger partial charge in [0.2, 0.25) is 0 Å². The minimum Gasteiger partial charge on any atom is -0.0654 e. The molecule has 0 heterocycles. The predicted octanol–water partition coefficient (Wildman–Crippen LogP) is 3.86. The van der Waals surface area contributed by atoms with Crippen LogP contribution in [0.15, 0.2) is 0 Å². The van der Waals surface area contributed by atoms with Crippen LogP contribution in [-0.2, 0) is 0 Å². The molecular weight excluding hydrogens is 132 g/mol. The quantitative estimate of drug-likeness (QED) is 0.577. The Labute approximate surface area is 71.4 Å². The molecule has 0 heteroatoms. The van der Waals surface area contributed by atoms with Crippen molar-refractivity contribution in [3.05, 3.63) is 0 Å². The Morgan fingerprint density at radius 3 is 2.45 bits per heavy atom. The van der Waals surface area contributed by atoms with Gasteiger partial charge in [-0.15, -0.1) is 0 Å². The van der Waals surface area contributed by atoms with Gasteiger partial charge in [-0.3, -0.25) is 0 Å². The van der Waals surface area contributed by atoms with E-state index >= 15 is 0 Å². The highest BCUT2D eigenvalue weighted by Crippen LogP contribution is 2.39. The molecule has 1 aliphatic rings. The zero-order valence-electron chi connectivity index (χ0n) is 8.27. The molecule has 1 rings (SSSR count). The van der Waals surface area contributed by atoms with Gasteiger partial charge < -0.3 is 0 Å². The number of unbranched alkanes of at least 4 members (excludes halogenated alkanes) is 1. The van der Waals surface area contributed by atoms with Crippen molar-refractivity contribution in [2.24, 2.45) is 17.8 Å².